The first-order valence-electron chi connectivity index (χ1n) is 10.8. The second-order valence-electron chi connectivity index (χ2n) is 8.71. The number of piperidine rings is 1. The zero-order valence-electron chi connectivity index (χ0n) is 17.7. The van der Waals surface area contributed by atoms with Gasteiger partial charge in [-0.25, -0.2) is 4.39 Å². The Morgan fingerprint density at radius 1 is 1.10 bits per heavy atom. The maximum atomic E-state index is 14.1. The maximum absolute atomic E-state index is 14.1. The lowest BCUT2D eigenvalue weighted by molar-refractivity contribution is -0.132. The van der Waals surface area contributed by atoms with E-state index in [1.54, 1.807) is 17.3 Å². The number of hydrogen-bond acceptors (Lipinski definition) is 3. The second-order valence-corrected chi connectivity index (χ2v) is 9.15. The number of pyridine rings is 1. The Hall–Kier alpha value is -2.47. The van der Waals surface area contributed by atoms with Crippen LogP contribution in [0.1, 0.15) is 40.7 Å². The van der Waals surface area contributed by atoms with Gasteiger partial charge in [-0.15, -0.1) is 0 Å². The minimum atomic E-state index is -0.544. The zero-order valence-corrected chi connectivity index (χ0v) is 18.4. The summed E-state index contributed by atoms with van der Waals surface area (Å²) in [7, 11) is 0. The van der Waals surface area contributed by atoms with Crippen LogP contribution in [0.15, 0.2) is 36.7 Å². The first-order chi connectivity index (χ1) is 14.9. The van der Waals surface area contributed by atoms with Gasteiger partial charge >= 0.3 is 0 Å². The molecule has 2 aliphatic heterocycles. The first-order valence-corrected chi connectivity index (χ1v) is 11.2. The number of carbonyl (C=O) groups excluding carboxylic acids is 2. The Morgan fingerprint density at radius 2 is 1.87 bits per heavy atom. The smallest absolute Gasteiger partial charge is 0.256 e. The van der Waals surface area contributed by atoms with Crippen molar-refractivity contribution in [3.63, 3.8) is 0 Å². The molecule has 4 rings (SSSR count). The summed E-state index contributed by atoms with van der Waals surface area (Å²) in [5.74, 6) is -0.0436. The van der Waals surface area contributed by atoms with Gasteiger partial charge in [0.05, 0.1) is 12.0 Å². The summed E-state index contributed by atoms with van der Waals surface area (Å²) in [4.78, 5) is 33.5. The number of nitrogens with zero attached hydrogens (tertiary/aromatic N) is 3. The van der Waals surface area contributed by atoms with E-state index in [2.05, 4.69) is 4.98 Å². The van der Waals surface area contributed by atoms with Crippen LogP contribution in [0.5, 0.6) is 0 Å². The van der Waals surface area contributed by atoms with E-state index in [1.807, 2.05) is 17.9 Å². The molecule has 3 heterocycles. The molecule has 2 unspecified atom stereocenters. The molecule has 2 saturated heterocycles. The average Bonchev–Trinajstić information content (AvgIpc) is 3.25. The fourth-order valence-corrected chi connectivity index (χ4v) is 4.98. The normalized spacial score (nSPS) is 21.4. The molecular formula is C24H27ClFN3O2. The van der Waals surface area contributed by atoms with Crippen LogP contribution in [0.4, 0.5) is 4.39 Å². The summed E-state index contributed by atoms with van der Waals surface area (Å²) in [5, 5.41) is 0.353. The van der Waals surface area contributed by atoms with E-state index in [0.29, 0.717) is 36.4 Å². The van der Waals surface area contributed by atoms with Crippen molar-refractivity contribution in [2.24, 2.45) is 11.8 Å². The lowest BCUT2D eigenvalue weighted by atomic mass is 9.84. The van der Waals surface area contributed by atoms with Crippen LogP contribution in [0, 0.1) is 24.6 Å². The van der Waals surface area contributed by atoms with Crippen molar-refractivity contribution in [3.05, 3.63) is 64.2 Å². The Labute approximate surface area is 187 Å². The molecule has 0 saturated carbocycles. The van der Waals surface area contributed by atoms with Crippen molar-refractivity contribution in [1.29, 1.82) is 0 Å². The third kappa shape index (κ3) is 5.06. The van der Waals surface area contributed by atoms with Crippen molar-refractivity contribution < 1.29 is 14.0 Å². The summed E-state index contributed by atoms with van der Waals surface area (Å²) >= 11 is 5.95. The topological polar surface area (TPSA) is 53.5 Å². The van der Waals surface area contributed by atoms with Crippen LogP contribution in [0.3, 0.4) is 0 Å². The molecular weight excluding hydrogens is 417 g/mol. The number of aromatic nitrogens is 1. The molecule has 2 amide bonds. The Balaban J connectivity index is 1.36. The Kier molecular flexibility index (Phi) is 6.56. The van der Waals surface area contributed by atoms with Crippen molar-refractivity contribution in [1.82, 2.24) is 14.8 Å². The van der Waals surface area contributed by atoms with Crippen molar-refractivity contribution in [2.45, 2.75) is 32.6 Å². The average molecular weight is 444 g/mol. The number of carbonyl (C=O) groups is 2. The van der Waals surface area contributed by atoms with Gasteiger partial charge in [0.2, 0.25) is 5.91 Å². The van der Waals surface area contributed by atoms with E-state index in [4.69, 9.17) is 11.6 Å². The summed E-state index contributed by atoms with van der Waals surface area (Å²) < 4.78 is 14.1. The molecule has 0 aliphatic carbocycles. The molecule has 1 aromatic carbocycles. The molecule has 0 radical (unpaired) electrons. The van der Waals surface area contributed by atoms with Crippen molar-refractivity contribution in [2.75, 3.05) is 26.2 Å². The number of likely N-dealkylation sites (tertiary alicyclic amines) is 2. The second kappa shape index (κ2) is 9.35. The molecule has 164 valence electrons. The summed E-state index contributed by atoms with van der Waals surface area (Å²) in [5.41, 5.74) is 2.02. The monoisotopic (exact) mass is 443 g/mol. The predicted octanol–water partition coefficient (Wildman–Crippen LogP) is 4.13. The van der Waals surface area contributed by atoms with Gasteiger partial charge < -0.3 is 9.80 Å². The molecule has 0 bridgehead atoms. The van der Waals surface area contributed by atoms with Gasteiger partial charge in [-0.2, -0.15) is 0 Å². The van der Waals surface area contributed by atoms with E-state index in [0.717, 1.165) is 43.5 Å². The van der Waals surface area contributed by atoms with Crippen LogP contribution in [0.2, 0.25) is 5.02 Å². The van der Waals surface area contributed by atoms with E-state index >= 15 is 0 Å². The molecule has 2 atom stereocenters. The highest BCUT2D eigenvalue weighted by Crippen LogP contribution is 2.32. The molecule has 0 N–H and O–H groups in total. The van der Waals surface area contributed by atoms with Crippen molar-refractivity contribution in [3.8, 4) is 0 Å². The number of amides is 2. The van der Waals surface area contributed by atoms with Gasteiger partial charge in [-0.1, -0.05) is 17.7 Å². The molecule has 5 nitrogen and oxygen atoms in total. The van der Waals surface area contributed by atoms with Crippen LogP contribution in [-0.4, -0.2) is 52.8 Å². The lowest BCUT2D eigenvalue weighted by Gasteiger charge is -2.36. The van der Waals surface area contributed by atoms with Crippen LogP contribution in [0.25, 0.3) is 0 Å². The zero-order chi connectivity index (χ0) is 22.0. The highest BCUT2D eigenvalue weighted by Gasteiger charge is 2.36. The molecule has 0 spiro atoms. The Morgan fingerprint density at radius 3 is 2.68 bits per heavy atom. The number of aryl methyl sites for hydroxylation is 1. The van der Waals surface area contributed by atoms with E-state index in [-0.39, 0.29) is 17.4 Å². The fraction of sp³-hybridized carbons (Fsp3) is 0.458. The summed E-state index contributed by atoms with van der Waals surface area (Å²) in [6.07, 6.45) is 6.80. The largest absolute Gasteiger partial charge is 0.342 e. The molecule has 31 heavy (non-hydrogen) atoms. The standard InChI is InChI=1S/C24H27ClFN3O2/c1-16-9-17(13-27-12-16)10-23(30)28-7-2-3-18(14-28)19-6-8-29(15-19)24(31)21-11-20(25)4-5-22(21)26/h4-5,9,11-13,18-19H,2-3,6-8,10,14-15H2,1H3. The lowest BCUT2D eigenvalue weighted by Crippen LogP contribution is -2.43. The van der Waals surface area contributed by atoms with E-state index in [1.165, 1.54) is 18.2 Å². The number of benzene rings is 1. The summed E-state index contributed by atoms with van der Waals surface area (Å²) in [6.45, 7) is 4.67. The van der Waals surface area contributed by atoms with Crippen LogP contribution in [-0.2, 0) is 11.2 Å². The molecule has 2 fully saturated rings. The van der Waals surface area contributed by atoms with Gasteiger partial charge in [-0.3, -0.25) is 14.6 Å². The van der Waals surface area contributed by atoms with E-state index < -0.39 is 5.82 Å². The number of halogens is 2. The SMILES string of the molecule is Cc1cncc(CC(=O)N2CCCC(C3CCN(C(=O)c4cc(Cl)ccc4F)C3)C2)c1. The van der Waals surface area contributed by atoms with Crippen LogP contribution < -0.4 is 0 Å². The third-order valence-electron chi connectivity index (χ3n) is 6.43. The minimum absolute atomic E-state index is 0.0281. The van der Waals surface area contributed by atoms with E-state index in [9.17, 15) is 14.0 Å². The molecule has 1 aromatic heterocycles. The Bertz CT molecular complexity index is 983. The van der Waals surface area contributed by atoms with Gasteiger partial charge in [-0.05, 0) is 67.3 Å². The first kappa shape index (κ1) is 21.8. The molecule has 2 aliphatic rings. The quantitative estimate of drug-likeness (QED) is 0.714. The molecule has 7 heteroatoms. The summed E-state index contributed by atoms with van der Waals surface area (Å²) in [6, 6.07) is 6.08. The molecule has 2 aromatic rings. The maximum Gasteiger partial charge on any atom is 0.256 e. The minimum Gasteiger partial charge on any atom is -0.342 e. The van der Waals surface area contributed by atoms with Gasteiger partial charge in [0.15, 0.2) is 0 Å². The van der Waals surface area contributed by atoms with Crippen LogP contribution >= 0.6 is 11.6 Å². The third-order valence-corrected chi connectivity index (χ3v) is 6.67. The highest BCUT2D eigenvalue weighted by atomic mass is 35.5. The number of rotatable bonds is 4. The highest BCUT2D eigenvalue weighted by molar-refractivity contribution is 6.31. The van der Waals surface area contributed by atoms with Gasteiger partial charge in [0, 0.05) is 43.6 Å². The fourth-order valence-electron chi connectivity index (χ4n) is 4.81. The van der Waals surface area contributed by atoms with Gasteiger partial charge in [0.1, 0.15) is 5.82 Å². The number of hydrogen-bond donors (Lipinski definition) is 0. The van der Waals surface area contributed by atoms with Crippen molar-refractivity contribution >= 4 is 23.4 Å². The predicted molar refractivity (Wildman–Crippen MR) is 117 cm³/mol. The van der Waals surface area contributed by atoms with Gasteiger partial charge in [0.25, 0.3) is 5.91 Å².